The Balaban J connectivity index is 1.66. The molecular formula is C18H15N5OS. The van der Waals surface area contributed by atoms with Crippen molar-refractivity contribution in [3.05, 3.63) is 60.2 Å². The third kappa shape index (κ3) is 2.78. The Morgan fingerprint density at radius 3 is 2.84 bits per heavy atom. The number of hydrogen-bond acceptors (Lipinski definition) is 5. The average Bonchev–Trinajstić information content (AvgIpc) is 3.19. The number of anilines is 1. The first-order valence-electron chi connectivity index (χ1n) is 7.73. The number of benzene rings is 1. The summed E-state index contributed by atoms with van der Waals surface area (Å²) in [5.41, 5.74) is 2.21. The summed E-state index contributed by atoms with van der Waals surface area (Å²) in [5, 5.41) is 4.27. The molecule has 0 aliphatic heterocycles. The lowest BCUT2D eigenvalue weighted by molar-refractivity contribution is 0.102. The van der Waals surface area contributed by atoms with Gasteiger partial charge >= 0.3 is 0 Å². The molecule has 7 heteroatoms. The van der Waals surface area contributed by atoms with Gasteiger partial charge in [0.25, 0.3) is 5.91 Å². The molecule has 0 aliphatic rings. The van der Waals surface area contributed by atoms with E-state index in [1.807, 2.05) is 49.0 Å². The minimum atomic E-state index is -0.196. The SMILES string of the molecule is Cc1nc(NC(=O)c2cccc3ncccc23)sc1-c1nccn1C. The van der Waals surface area contributed by atoms with Crippen LogP contribution in [-0.4, -0.2) is 25.4 Å². The normalized spacial score (nSPS) is 11.0. The van der Waals surface area contributed by atoms with Crippen LogP contribution in [0.3, 0.4) is 0 Å². The monoisotopic (exact) mass is 349 g/mol. The molecule has 4 rings (SSSR count). The first-order valence-corrected chi connectivity index (χ1v) is 8.55. The van der Waals surface area contributed by atoms with Gasteiger partial charge in [-0.15, -0.1) is 0 Å². The highest BCUT2D eigenvalue weighted by molar-refractivity contribution is 7.19. The van der Waals surface area contributed by atoms with Gasteiger partial charge in [0.1, 0.15) is 0 Å². The summed E-state index contributed by atoms with van der Waals surface area (Å²) >= 11 is 1.42. The number of nitrogens with zero attached hydrogens (tertiary/aromatic N) is 4. The van der Waals surface area contributed by atoms with Gasteiger partial charge in [-0.05, 0) is 25.1 Å². The van der Waals surface area contributed by atoms with E-state index in [0.717, 1.165) is 27.3 Å². The molecule has 25 heavy (non-hydrogen) atoms. The quantitative estimate of drug-likeness (QED) is 0.613. The Morgan fingerprint density at radius 2 is 2.04 bits per heavy atom. The van der Waals surface area contributed by atoms with Crippen LogP contribution in [0, 0.1) is 6.92 Å². The lowest BCUT2D eigenvalue weighted by atomic mass is 10.1. The van der Waals surface area contributed by atoms with Crippen LogP contribution in [0.2, 0.25) is 0 Å². The number of hydrogen-bond donors (Lipinski definition) is 1. The Morgan fingerprint density at radius 1 is 1.16 bits per heavy atom. The number of thiazole rings is 1. The number of rotatable bonds is 3. The van der Waals surface area contributed by atoms with Crippen molar-refractivity contribution >= 4 is 33.3 Å². The molecule has 1 amide bonds. The summed E-state index contributed by atoms with van der Waals surface area (Å²) in [6.07, 6.45) is 5.35. The zero-order chi connectivity index (χ0) is 17.4. The molecule has 0 spiro atoms. The van der Waals surface area contributed by atoms with E-state index >= 15 is 0 Å². The van der Waals surface area contributed by atoms with Gasteiger partial charge in [-0.1, -0.05) is 23.5 Å². The molecule has 3 heterocycles. The summed E-state index contributed by atoms with van der Waals surface area (Å²) in [7, 11) is 1.93. The molecule has 0 unspecified atom stereocenters. The number of amides is 1. The molecular weight excluding hydrogens is 334 g/mol. The van der Waals surface area contributed by atoms with E-state index in [1.54, 1.807) is 18.5 Å². The molecule has 0 radical (unpaired) electrons. The summed E-state index contributed by atoms with van der Waals surface area (Å²) in [5.74, 6) is 0.642. The van der Waals surface area contributed by atoms with Gasteiger partial charge in [-0.3, -0.25) is 15.1 Å². The van der Waals surface area contributed by atoms with Crippen molar-refractivity contribution in [3.8, 4) is 10.7 Å². The van der Waals surface area contributed by atoms with E-state index in [-0.39, 0.29) is 5.91 Å². The molecule has 0 saturated heterocycles. The van der Waals surface area contributed by atoms with E-state index < -0.39 is 0 Å². The number of fused-ring (bicyclic) bond motifs is 1. The van der Waals surface area contributed by atoms with Crippen molar-refractivity contribution in [2.75, 3.05) is 5.32 Å². The highest BCUT2D eigenvalue weighted by Crippen LogP contribution is 2.31. The van der Waals surface area contributed by atoms with Gasteiger partial charge in [0.05, 0.1) is 16.1 Å². The number of imidazole rings is 1. The number of carbonyl (C=O) groups is 1. The van der Waals surface area contributed by atoms with Gasteiger partial charge < -0.3 is 4.57 Å². The molecule has 4 aromatic rings. The number of aromatic nitrogens is 4. The highest BCUT2D eigenvalue weighted by Gasteiger charge is 2.16. The second-order valence-corrected chi connectivity index (χ2v) is 6.62. The van der Waals surface area contributed by atoms with Crippen molar-refractivity contribution < 1.29 is 4.79 Å². The molecule has 6 nitrogen and oxygen atoms in total. The first kappa shape index (κ1) is 15.5. The van der Waals surface area contributed by atoms with E-state index in [4.69, 9.17) is 0 Å². The number of aryl methyl sites for hydroxylation is 2. The van der Waals surface area contributed by atoms with Crippen LogP contribution in [0.25, 0.3) is 21.6 Å². The maximum absolute atomic E-state index is 12.7. The fraction of sp³-hybridized carbons (Fsp3) is 0.111. The van der Waals surface area contributed by atoms with Crippen LogP contribution in [0.4, 0.5) is 5.13 Å². The minimum absolute atomic E-state index is 0.196. The number of carbonyl (C=O) groups excluding carboxylic acids is 1. The first-order chi connectivity index (χ1) is 12.1. The largest absolute Gasteiger partial charge is 0.333 e. The molecule has 0 bridgehead atoms. The lowest BCUT2D eigenvalue weighted by Gasteiger charge is -2.05. The number of pyridine rings is 1. The molecule has 0 atom stereocenters. The summed E-state index contributed by atoms with van der Waals surface area (Å²) < 4.78 is 1.93. The van der Waals surface area contributed by atoms with Crippen molar-refractivity contribution in [2.45, 2.75) is 6.92 Å². The fourth-order valence-corrected chi connectivity index (χ4v) is 3.71. The van der Waals surface area contributed by atoms with Crippen LogP contribution in [-0.2, 0) is 7.05 Å². The lowest BCUT2D eigenvalue weighted by Crippen LogP contribution is -2.12. The van der Waals surface area contributed by atoms with Gasteiger partial charge in [-0.25, -0.2) is 9.97 Å². The second-order valence-electron chi connectivity index (χ2n) is 5.63. The molecule has 0 saturated carbocycles. The third-order valence-electron chi connectivity index (χ3n) is 3.93. The van der Waals surface area contributed by atoms with Crippen molar-refractivity contribution in [1.82, 2.24) is 19.5 Å². The molecule has 1 N–H and O–H groups in total. The van der Waals surface area contributed by atoms with Crippen molar-refractivity contribution in [1.29, 1.82) is 0 Å². The topological polar surface area (TPSA) is 72.7 Å². The summed E-state index contributed by atoms with van der Waals surface area (Å²) in [6.45, 7) is 1.91. The predicted octanol–water partition coefficient (Wildman–Crippen LogP) is 3.65. The predicted molar refractivity (Wildman–Crippen MR) is 98.7 cm³/mol. The summed E-state index contributed by atoms with van der Waals surface area (Å²) in [6, 6.07) is 9.23. The standard InChI is InChI=1S/C18H15N5OS/c1-11-15(16-20-9-10-23(16)2)25-18(21-11)22-17(24)13-5-3-7-14-12(13)6-4-8-19-14/h3-10H,1-2H3,(H,21,22,24). The fourth-order valence-electron chi connectivity index (χ4n) is 2.71. The molecule has 1 aromatic carbocycles. The van der Waals surface area contributed by atoms with Crippen LogP contribution >= 0.6 is 11.3 Å². The Bertz CT molecular complexity index is 1080. The molecule has 124 valence electrons. The van der Waals surface area contributed by atoms with Gasteiger partial charge in [0, 0.05) is 36.6 Å². The highest BCUT2D eigenvalue weighted by atomic mass is 32.1. The smallest absolute Gasteiger partial charge is 0.258 e. The Labute approximate surface area is 148 Å². The zero-order valence-electron chi connectivity index (χ0n) is 13.7. The van der Waals surface area contributed by atoms with Crippen molar-refractivity contribution in [3.63, 3.8) is 0 Å². The van der Waals surface area contributed by atoms with E-state index in [1.165, 1.54) is 11.3 Å². The van der Waals surface area contributed by atoms with Gasteiger partial charge in [0.2, 0.25) is 0 Å². The molecule has 0 aliphatic carbocycles. The van der Waals surface area contributed by atoms with Crippen molar-refractivity contribution in [2.24, 2.45) is 7.05 Å². The van der Waals surface area contributed by atoms with Gasteiger partial charge in [-0.2, -0.15) is 0 Å². The van der Waals surface area contributed by atoms with Gasteiger partial charge in [0.15, 0.2) is 11.0 Å². The minimum Gasteiger partial charge on any atom is -0.333 e. The average molecular weight is 349 g/mol. The number of nitrogens with one attached hydrogen (secondary N) is 1. The molecule has 0 fully saturated rings. The van der Waals surface area contributed by atoms with E-state index in [2.05, 4.69) is 20.3 Å². The second kappa shape index (κ2) is 6.10. The Kier molecular flexibility index (Phi) is 3.77. The zero-order valence-corrected chi connectivity index (χ0v) is 14.5. The third-order valence-corrected chi connectivity index (χ3v) is 5.00. The van der Waals surface area contributed by atoms with Crippen LogP contribution in [0.15, 0.2) is 48.9 Å². The maximum Gasteiger partial charge on any atom is 0.258 e. The van der Waals surface area contributed by atoms with E-state index in [0.29, 0.717) is 10.7 Å². The molecule has 3 aromatic heterocycles. The van der Waals surface area contributed by atoms with Crippen LogP contribution in [0.5, 0.6) is 0 Å². The maximum atomic E-state index is 12.7. The van der Waals surface area contributed by atoms with Crippen LogP contribution in [0.1, 0.15) is 16.1 Å². The Hall–Kier alpha value is -3.06. The van der Waals surface area contributed by atoms with Crippen LogP contribution < -0.4 is 5.32 Å². The summed E-state index contributed by atoms with van der Waals surface area (Å²) in [4.78, 5) is 26.8. The van der Waals surface area contributed by atoms with E-state index in [9.17, 15) is 4.79 Å².